The van der Waals surface area contributed by atoms with Gasteiger partial charge in [0.1, 0.15) is 17.4 Å². The summed E-state index contributed by atoms with van der Waals surface area (Å²) >= 11 is 0. The van der Waals surface area contributed by atoms with Crippen molar-refractivity contribution in [1.29, 1.82) is 0 Å². The normalized spacial score (nSPS) is 20.8. The maximum atomic E-state index is 14.4. The second-order valence-corrected chi connectivity index (χ2v) is 11.9. The van der Waals surface area contributed by atoms with Gasteiger partial charge in [0.05, 0.1) is 24.3 Å². The van der Waals surface area contributed by atoms with E-state index < -0.39 is 24.3 Å². The van der Waals surface area contributed by atoms with Gasteiger partial charge in [-0.05, 0) is 41.3 Å². The number of benzene rings is 3. The Morgan fingerprint density at radius 1 is 1.02 bits per heavy atom. The van der Waals surface area contributed by atoms with Gasteiger partial charge in [0.2, 0.25) is 0 Å². The molecule has 9 nitrogen and oxygen atoms in total. The molecule has 2 amide bonds. The van der Waals surface area contributed by atoms with E-state index in [4.69, 9.17) is 14.2 Å². The van der Waals surface area contributed by atoms with Gasteiger partial charge in [0.25, 0.3) is 5.91 Å². The minimum Gasteiger partial charge on any atom is -0.478 e. The predicted octanol–water partition coefficient (Wildman–Crippen LogP) is 6.36. The number of aromatic nitrogens is 1. The Morgan fingerprint density at radius 2 is 1.70 bits per heavy atom. The lowest BCUT2D eigenvalue weighted by Crippen LogP contribution is -2.42. The molecule has 3 aliphatic rings. The van der Waals surface area contributed by atoms with E-state index in [1.807, 2.05) is 67.6 Å². The van der Waals surface area contributed by atoms with E-state index in [2.05, 4.69) is 4.98 Å². The Balaban J connectivity index is 1.38. The van der Waals surface area contributed by atoms with Gasteiger partial charge in [-0.15, -0.1) is 0 Å². The van der Waals surface area contributed by atoms with Crippen molar-refractivity contribution < 1.29 is 33.3 Å². The molecule has 0 bridgehead atoms. The second kappa shape index (κ2) is 13.0. The van der Waals surface area contributed by atoms with E-state index in [1.165, 1.54) is 22.0 Å². The molecule has 1 saturated heterocycles. The van der Waals surface area contributed by atoms with Gasteiger partial charge in [-0.1, -0.05) is 73.7 Å². The van der Waals surface area contributed by atoms with Crippen LogP contribution in [0, 0.1) is 11.8 Å². The Morgan fingerprint density at radius 3 is 2.36 bits per heavy atom. The molecule has 1 N–H and O–H groups in total. The number of morpholine rings is 1. The lowest BCUT2D eigenvalue weighted by atomic mass is 9.89. The fourth-order valence-electron chi connectivity index (χ4n) is 6.42. The number of carbonyl (C=O) groups excluding carboxylic acids is 2. The third kappa shape index (κ3) is 5.86. The fourth-order valence-corrected chi connectivity index (χ4v) is 6.42. The van der Waals surface area contributed by atoms with Crippen LogP contribution in [0.3, 0.4) is 0 Å². The Kier molecular flexibility index (Phi) is 8.45. The minimum atomic E-state index is -1.46. The first-order valence-electron chi connectivity index (χ1n) is 15.7. The number of hydrogen-bond acceptors (Lipinski definition) is 7. The van der Waals surface area contributed by atoms with Gasteiger partial charge in [-0.2, -0.15) is 0 Å². The van der Waals surface area contributed by atoms with Crippen molar-refractivity contribution in [3.05, 3.63) is 125 Å². The Hall–Kier alpha value is -5.06. The minimum absolute atomic E-state index is 0.00707. The van der Waals surface area contributed by atoms with Crippen LogP contribution < -0.4 is 9.47 Å². The molecule has 1 aromatic heterocycles. The number of nitrogens with zero attached hydrogens (tertiary/aromatic N) is 3. The van der Waals surface area contributed by atoms with Crippen molar-refractivity contribution in [2.75, 3.05) is 32.8 Å². The average Bonchev–Trinajstić information content (AvgIpc) is 3.35. The number of fused-ring (bicyclic) bond motifs is 2. The predicted molar refractivity (Wildman–Crippen MR) is 172 cm³/mol. The zero-order valence-corrected chi connectivity index (χ0v) is 25.8. The van der Waals surface area contributed by atoms with Crippen LogP contribution in [0.1, 0.15) is 46.3 Å². The summed E-state index contributed by atoms with van der Waals surface area (Å²) in [5, 5.41) is 12.4. The summed E-state index contributed by atoms with van der Waals surface area (Å²) in [6, 6.07) is 22.7. The standard InChI is InChI=1S/C37H34FN3O6/c1-23-21-27(38)15-14-26(23)22-41-35(42)29-30(36(41)43)34(46-32(24-9-4-2-5-10-24)25-11-6-3-7-12-25)31-28(13-8-16-39-31)33(29)47-37(44)40-17-19-45-20-18-40/h2-16,21,23,26,32,36,43H,17-20,22H2,1H3. The van der Waals surface area contributed by atoms with Gasteiger partial charge in [-0.25, -0.2) is 9.18 Å². The molecule has 240 valence electrons. The molecule has 3 unspecified atom stereocenters. The van der Waals surface area contributed by atoms with Crippen molar-refractivity contribution in [1.82, 2.24) is 14.8 Å². The van der Waals surface area contributed by atoms with Crippen LogP contribution >= 0.6 is 0 Å². The van der Waals surface area contributed by atoms with E-state index in [0.29, 0.717) is 37.2 Å². The topological polar surface area (TPSA) is 101 Å². The number of pyridine rings is 1. The highest BCUT2D eigenvalue weighted by Crippen LogP contribution is 2.50. The van der Waals surface area contributed by atoms with Crippen molar-refractivity contribution in [2.45, 2.75) is 19.3 Å². The third-order valence-electron chi connectivity index (χ3n) is 8.94. The molecule has 2 aliphatic heterocycles. The summed E-state index contributed by atoms with van der Waals surface area (Å²) in [5.41, 5.74) is 2.23. The van der Waals surface area contributed by atoms with Crippen LogP contribution in [0.4, 0.5) is 9.18 Å². The number of amides is 2. The average molecular weight is 636 g/mol. The van der Waals surface area contributed by atoms with E-state index >= 15 is 0 Å². The maximum Gasteiger partial charge on any atom is 0.415 e. The Bertz CT molecular complexity index is 1820. The maximum absolute atomic E-state index is 14.4. The smallest absolute Gasteiger partial charge is 0.415 e. The number of hydrogen-bond donors (Lipinski definition) is 1. The molecule has 0 saturated carbocycles. The van der Waals surface area contributed by atoms with Crippen molar-refractivity contribution in [2.24, 2.45) is 11.8 Å². The highest BCUT2D eigenvalue weighted by atomic mass is 19.1. The monoisotopic (exact) mass is 635 g/mol. The molecular weight excluding hydrogens is 601 g/mol. The number of halogens is 1. The van der Waals surface area contributed by atoms with Gasteiger partial charge in [-0.3, -0.25) is 9.78 Å². The number of ether oxygens (including phenoxy) is 3. The molecule has 7 rings (SSSR count). The van der Waals surface area contributed by atoms with Crippen LogP contribution in [-0.2, 0) is 4.74 Å². The van der Waals surface area contributed by atoms with E-state index in [1.54, 1.807) is 24.4 Å². The number of rotatable bonds is 7. The number of allylic oxidation sites excluding steroid dienone is 3. The lowest BCUT2D eigenvalue weighted by Gasteiger charge is -2.29. The molecular formula is C37H34FN3O6. The van der Waals surface area contributed by atoms with Crippen LogP contribution in [0.5, 0.6) is 11.5 Å². The summed E-state index contributed by atoms with van der Waals surface area (Å²) < 4.78 is 32.3. The molecule has 0 radical (unpaired) electrons. The quantitative estimate of drug-likeness (QED) is 0.252. The Labute approximate surface area is 271 Å². The number of aliphatic hydroxyl groups is 1. The molecule has 3 heterocycles. The molecule has 1 fully saturated rings. The molecule has 0 spiro atoms. The van der Waals surface area contributed by atoms with Crippen LogP contribution in [0.2, 0.25) is 0 Å². The molecule has 3 aromatic carbocycles. The first-order chi connectivity index (χ1) is 22.9. The van der Waals surface area contributed by atoms with Crippen molar-refractivity contribution in [3.8, 4) is 11.5 Å². The van der Waals surface area contributed by atoms with Gasteiger partial charge in [0, 0.05) is 37.1 Å². The van der Waals surface area contributed by atoms with E-state index in [9.17, 15) is 19.1 Å². The first-order valence-corrected chi connectivity index (χ1v) is 15.7. The van der Waals surface area contributed by atoms with E-state index in [0.717, 1.165) is 11.1 Å². The fraction of sp³-hybridized carbons (Fsp3) is 0.270. The zero-order valence-electron chi connectivity index (χ0n) is 25.8. The van der Waals surface area contributed by atoms with Crippen molar-refractivity contribution >= 4 is 22.9 Å². The van der Waals surface area contributed by atoms with Crippen molar-refractivity contribution in [3.63, 3.8) is 0 Å². The third-order valence-corrected chi connectivity index (χ3v) is 8.94. The molecule has 4 aromatic rings. The molecule has 47 heavy (non-hydrogen) atoms. The summed E-state index contributed by atoms with van der Waals surface area (Å²) in [5.74, 6) is -1.14. The van der Waals surface area contributed by atoms with Crippen LogP contribution in [0.15, 0.2) is 103 Å². The largest absolute Gasteiger partial charge is 0.478 e. The van der Waals surface area contributed by atoms with Gasteiger partial charge < -0.3 is 29.1 Å². The van der Waals surface area contributed by atoms with E-state index in [-0.39, 0.29) is 46.8 Å². The molecule has 1 aliphatic carbocycles. The number of carbonyl (C=O) groups is 2. The summed E-state index contributed by atoms with van der Waals surface area (Å²) in [6.07, 6.45) is 3.45. The van der Waals surface area contributed by atoms with Gasteiger partial charge >= 0.3 is 6.09 Å². The zero-order chi connectivity index (χ0) is 32.5. The summed E-state index contributed by atoms with van der Waals surface area (Å²) in [4.78, 5) is 35.4. The summed E-state index contributed by atoms with van der Waals surface area (Å²) in [7, 11) is 0. The second-order valence-electron chi connectivity index (χ2n) is 11.9. The van der Waals surface area contributed by atoms with Crippen LogP contribution in [0.25, 0.3) is 10.9 Å². The lowest BCUT2D eigenvalue weighted by molar-refractivity contribution is 0.0101. The highest BCUT2D eigenvalue weighted by Gasteiger charge is 2.45. The highest BCUT2D eigenvalue weighted by molar-refractivity contribution is 6.10. The molecule has 10 heteroatoms. The molecule has 3 atom stereocenters. The number of aliphatic hydroxyl groups excluding tert-OH is 1. The first kappa shape index (κ1) is 30.6. The SMILES string of the molecule is CC1C=C(F)C=CC1CN1C(=O)c2c(c(OC(c3ccccc3)c3ccccc3)c3ncccc3c2OC(=O)N2CCOCC2)C1O. The van der Waals surface area contributed by atoms with Gasteiger partial charge in [0.15, 0.2) is 17.7 Å². The summed E-state index contributed by atoms with van der Waals surface area (Å²) in [6.45, 7) is 3.38. The van der Waals surface area contributed by atoms with Crippen LogP contribution in [-0.4, -0.2) is 64.7 Å².